The summed E-state index contributed by atoms with van der Waals surface area (Å²) in [6, 6.07) is 5.22. The predicted molar refractivity (Wildman–Crippen MR) is 102 cm³/mol. The zero-order valence-electron chi connectivity index (χ0n) is 15.7. The van der Waals surface area contributed by atoms with E-state index in [1.165, 1.54) is 17.0 Å². The van der Waals surface area contributed by atoms with Gasteiger partial charge in [-0.1, -0.05) is 29.3 Å². The summed E-state index contributed by atoms with van der Waals surface area (Å²) in [5.41, 5.74) is -2.73. The average Bonchev–Trinajstić information content (AvgIpc) is 2.68. The number of nitrogens with zero attached hydrogens (tertiary/aromatic N) is 1. The molecule has 1 aliphatic rings. The largest absolute Gasteiger partial charge is 0.416 e. The molecule has 2 aromatic carbocycles. The first-order chi connectivity index (χ1) is 14.4. The third-order valence-corrected chi connectivity index (χ3v) is 5.52. The van der Waals surface area contributed by atoms with Crippen molar-refractivity contribution in [1.82, 2.24) is 4.90 Å². The molecule has 0 N–H and O–H groups in total. The van der Waals surface area contributed by atoms with Gasteiger partial charge in [0.1, 0.15) is 0 Å². The van der Waals surface area contributed by atoms with E-state index < -0.39 is 41.8 Å². The number of carbonyl (C=O) groups excluding carboxylic acids is 1. The fourth-order valence-corrected chi connectivity index (χ4v) is 3.60. The molecule has 0 aromatic heterocycles. The van der Waals surface area contributed by atoms with Crippen molar-refractivity contribution in [3.63, 3.8) is 0 Å². The van der Waals surface area contributed by atoms with Gasteiger partial charge < -0.3 is 9.64 Å². The summed E-state index contributed by atoms with van der Waals surface area (Å²) in [6.07, 6.45) is -10.6. The van der Waals surface area contributed by atoms with Gasteiger partial charge in [-0.2, -0.15) is 26.3 Å². The van der Waals surface area contributed by atoms with E-state index in [4.69, 9.17) is 27.9 Å². The first-order valence-corrected chi connectivity index (χ1v) is 9.72. The molecule has 1 atom stereocenters. The van der Waals surface area contributed by atoms with Crippen LogP contribution in [0.15, 0.2) is 36.4 Å². The van der Waals surface area contributed by atoms with Crippen molar-refractivity contribution in [3.05, 3.63) is 68.7 Å². The van der Waals surface area contributed by atoms with E-state index in [-0.39, 0.29) is 36.4 Å². The van der Waals surface area contributed by atoms with Gasteiger partial charge in [-0.3, -0.25) is 4.79 Å². The van der Waals surface area contributed by atoms with Crippen LogP contribution in [0, 0.1) is 0 Å². The standard InChI is InChI=1S/C20H15Cl2F6NO2/c21-15-2-1-12(8-16(15)22)17-10-31-4-3-29(17)18(30)7-11-5-13(19(23,24)25)9-14(6-11)20(26,27)28/h1-2,5-6,8-9,17H,3-4,7,10H2. The molecule has 1 saturated heterocycles. The average molecular weight is 486 g/mol. The summed E-state index contributed by atoms with van der Waals surface area (Å²) >= 11 is 11.9. The van der Waals surface area contributed by atoms with Crippen molar-refractivity contribution in [2.45, 2.75) is 24.8 Å². The summed E-state index contributed by atoms with van der Waals surface area (Å²) in [7, 11) is 0. The number of carbonyl (C=O) groups is 1. The topological polar surface area (TPSA) is 29.5 Å². The maximum absolute atomic E-state index is 13.1. The summed E-state index contributed by atoms with van der Waals surface area (Å²) in [4.78, 5) is 14.2. The molecule has 0 aliphatic carbocycles. The first kappa shape index (κ1) is 23.7. The van der Waals surface area contributed by atoms with Crippen LogP contribution < -0.4 is 0 Å². The molecule has 0 bridgehead atoms. The molecule has 1 unspecified atom stereocenters. The van der Waals surface area contributed by atoms with Crippen LogP contribution in [0.1, 0.15) is 28.3 Å². The number of morpholine rings is 1. The van der Waals surface area contributed by atoms with Gasteiger partial charge in [0.2, 0.25) is 5.91 Å². The molecule has 1 aliphatic heterocycles. The molecule has 11 heteroatoms. The zero-order chi connectivity index (χ0) is 23.0. The highest BCUT2D eigenvalue weighted by Gasteiger charge is 2.37. The minimum atomic E-state index is -4.99. The molecular formula is C20H15Cl2F6NO2. The summed E-state index contributed by atoms with van der Waals surface area (Å²) in [5.74, 6) is -0.633. The lowest BCUT2D eigenvalue weighted by atomic mass is 10.0. The molecule has 3 nitrogen and oxygen atoms in total. The number of rotatable bonds is 3. The number of hydrogen-bond donors (Lipinski definition) is 0. The molecule has 0 radical (unpaired) electrons. The Morgan fingerprint density at radius 1 is 0.968 bits per heavy atom. The van der Waals surface area contributed by atoms with Crippen molar-refractivity contribution < 1.29 is 35.9 Å². The second-order valence-electron chi connectivity index (χ2n) is 6.94. The Morgan fingerprint density at radius 2 is 1.58 bits per heavy atom. The van der Waals surface area contributed by atoms with Gasteiger partial charge in [-0.05, 0) is 41.5 Å². The Morgan fingerprint density at radius 3 is 2.13 bits per heavy atom. The SMILES string of the molecule is O=C(Cc1cc(C(F)(F)F)cc(C(F)(F)F)c1)N1CCOCC1c1ccc(Cl)c(Cl)c1. The quantitative estimate of drug-likeness (QED) is 0.486. The van der Waals surface area contributed by atoms with Crippen LogP contribution >= 0.6 is 23.2 Å². The zero-order valence-corrected chi connectivity index (χ0v) is 17.2. The highest BCUT2D eigenvalue weighted by molar-refractivity contribution is 6.42. The Kier molecular flexibility index (Phi) is 6.78. The number of halogens is 8. The predicted octanol–water partition coefficient (Wildman–Crippen LogP) is 6.17. The highest BCUT2D eigenvalue weighted by atomic mass is 35.5. The van der Waals surface area contributed by atoms with Crippen molar-refractivity contribution in [1.29, 1.82) is 0 Å². The molecule has 1 heterocycles. The second-order valence-corrected chi connectivity index (χ2v) is 7.76. The van der Waals surface area contributed by atoms with Gasteiger partial charge in [0.05, 0.1) is 46.8 Å². The van der Waals surface area contributed by atoms with Crippen LogP contribution in [0.3, 0.4) is 0 Å². The first-order valence-electron chi connectivity index (χ1n) is 8.97. The van der Waals surface area contributed by atoms with Crippen molar-refractivity contribution in [2.24, 2.45) is 0 Å². The van der Waals surface area contributed by atoms with E-state index in [1.54, 1.807) is 6.07 Å². The molecule has 0 saturated carbocycles. The van der Waals surface area contributed by atoms with Crippen molar-refractivity contribution in [2.75, 3.05) is 19.8 Å². The molecule has 0 spiro atoms. The van der Waals surface area contributed by atoms with E-state index >= 15 is 0 Å². The van der Waals surface area contributed by atoms with Crippen molar-refractivity contribution in [3.8, 4) is 0 Å². The summed E-state index contributed by atoms with van der Waals surface area (Å²) < 4.78 is 83.9. The maximum Gasteiger partial charge on any atom is 0.416 e. The molecule has 168 valence electrons. The van der Waals surface area contributed by atoms with Crippen LogP contribution in [0.25, 0.3) is 0 Å². The fraction of sp³-hybridized carbons (Fsp3) is 0.350. The van der Waals surface area contributed by atoms with Crippen LogP contribution in [-0.4, -0.2) is 30.6 Å². The molecule has 1 fully saturated rings. The smallest absolute Gasteiger partial charge is 0.377 e. The molecular weight excluding hydrogens is 471 g/mol. The molecule has 3 rings (SSSR count). The van der Waals surface area contributed by atoms with Gasteiger partial charge >= 0.3 is 12.4 Å². The van der Waals surface area contributed by atoms with Gasteiger partial charge in [0, 0.05) is 6.54 Å². The van der Waals surface area contributed by atoms with Crippen LogP contribution in [0.2, 0.25) is 10.0 Å². The highest BCUT2D eigenvalue weighted by Crippen LogP contribution is 2.37. The number of benzene rings is 2. The summed E-state index contributed by atoms with van der Waals surface area (Å²) in [6.45, 7) is 0.398. The lowest BCUT2D eigenvalue weighted by Gasteiger charge is -2.36. The third-order valence-electron chi connectivity index (χ3n) is 4.78. The van der Waals surface area contributed by atoms with Gasteiger partial charge in [-0.25, -0.2) is 0 Å². The van der Waals surface area contributed by atoms with Gasteiger partial charge in [-0.15, -0.1) is 0 Å². The molecule has 31 heavy (non-hydrogen) atoms. The van der Waals surface area contributed by atoms with E-state index in [9.17, 15) is 31.1 Å². The minimum Gasteiger partial charge on any atom is -0.377 e. The second kappa shape index (κ2) is 8.88. The monoisotopic (exact) mass is 485 g/mol. The van der Waals surface area contributed by atoms with Gasteiger partial charge in [0.15, 0.2) is 0 Å². The number of ether oxygens (including phenoxy) is 1. The Labute approximate surface area is 183 Å². The number of alkyl halides is 6. The fourth-order valence-electron chi connectivity index (χ4n) is 3.30. The van der Waals surface area contributed by atoms with Crippen LogP contribution in [0.5, 0.6) is 0 Å². The Bertz CT molecular complexity index is 945. The minimum absolute atomic E-state index is 0.0290. The lowest BCUT2D eigenvalue weighted by Crippen LogP contribution is -2.44. The molecule has 2 aromatic rings. The van der Waals surface area contributed by atoms with E-state index in [1.807, 2.05) is 0 Å². The Hall–Kier alpha value is -1.97. The maximum atomic E-state index is 13.1. The lowest BCUT2D eigenvalue weighted by molar-refractivity contribution is -0.144. The number of amides is 1. The van der Waals surface area contributed by atoms with E-state index in [2.05, 4.69) is 0 Å². The third kappa shape index (κ3) is 5.64. The molecule has 1 amide bonds. The number of hydrogen-bond acceptors (Lipinski definition) is 2. The normalized spacial score (nSPS) is 17.7. The van der Waals surface area contributed by atoms with Crippen molar-refractivity contribution >= 4 is 29.1 Å². The van der Waals surface area contributed by atoms with Gasteiger partial charge in [0.25, 0.3) is 0 Å². The summed E-state index contributed by atoms with van der Waals surface area (Å²) in [5, 5.41) is 0.536. The Balaban J connectivity index is 1.90. The van der Waals surface area contributed by atoms with E-state index in [0.29, 0.717) is 22.7 Å². The van der Waals surface area contributed by atoms with Crippen LogP contribution in [-0.2, 0) is 28.3 Å². The van der Waals surface area contributed by atoms with E-state index in [0.717, 1.165) is 0 Å². The van der Waals surface area contributed by atoms with Crippen LogP contribution in [0.4, 0.5) is 26.3 Å².